The molecule has 1 atom stereocenters. The average Bonchev–Trinajstić information content (AvgIpc) is 2.94. The first-order chi connectivity index (χ1) is 11.6. The minimum Gasteiger partial charge on any atom is -0.490 e. The second-order valence-electron chi connectivity index (χ2n) is 7.14. The molecule has 1 heterocycles. The van der Waals surface area contributed by atoms with Gasteiger partial charge in [-0.25, -0.2) is 4.39 Å². The monoisotopic (exact) mass is 337 g/mol. The fourth-order valence-corrected chi connectivity index (χ4v) is 3.74. The normalized spacial score (nSPS) is 27.4. The molecule has 4 nitrogen and oxygen atoms in total. The Balaban J connectivity index is 1.61. The van der Waals surface area contributed by atoms with Crippen LogP contribution in [0.4, 0.5) is 4.39 Å². The van der Waals surface area contributed by atoms with Gasteiger partial charge in [0.05, 0.1) is 13.2 Å². The molecule has 24 heavy (non-hydrogen) atoms. The zero-order valence-electron chi connectivity index (χ0n) is 14.3. The van der Waals surface area contributed by atoms with Crippen molar-refractivity contribution in [2.45, 2.75) is 50.2 Å². The maximum atomic E-state index is 13.3. The number of hydrogen-bond donors (Lipinski definition) is 1. The molecule has 1 aliphatic carbocycles. The van der Waals surface area contributed by atoms with Crippen LogP contribution in [0.5, 0.6) is 5.75 Å². The molecule has 5 heteroatoms. The number of hydrogen-bond acceptors (Lipinski definition) is 4. The van der Waals surface area contributed by atoms with Gasteiger partial charge >= 0.3 is 0 Å². The van der Waals surface area contributed by atoms with Gasteiger partial charge in [0.25, 0.3) is 0 Å². The van der Waals surface area contributed by atoms with Gasteiger partial charge in [-0.15, -0.1) is 0 Å². The van der Waals surface area contributed by atoms with Crippen molar-refractivity contribution >= 4 is 0 Å². The van der Waals surface area contributed by atoms with Gasteiger partial charge in [0.15, 0.2) is 0 Å². The molecule has 3 rings (SSSR count). The highest BCUT2D eigenvalue weighted by molar-refractivity contribution is 5.22. The summed E-state index contributed by atoms with van der Waals surface area (Å²) in [4.78, 5) is 2.37. The van der Waals surface area contributed by atoms with Crippen LogP contribution in [0.1, 0.15) is 38.5 Å². The Hall–Kier alpha value is -1.17. The summed E-state index contributed by atoms with van der Waals surface area (Å²) < 4.78 is 24.5. The Morgan fingerprint density at radius 1 is 1.25 bits per heavy atom. The summed E-state index contributed by atoms with van der Waals surface area (Å²) in [6.45, 7) is 2.41. The van der Waals surface area contributed by atoms with Crippen molar-refractivity contribution in [1.29, 1.82) is 0 Å². The van der Waals surface area contributed by atoms with Crippen LogP contribution < -0.4 is 4.74 Å². The number of β-amino-alcohol motifs (C(OH)–C–C–N with tert-alkyl or cyclic N) is 1. The number of rotatable bonds is 4. The molecular formula is C19H28FNO3. The predicted molar refractivity (Wildman–Crippen MR) is 90.7 cm³/mol. The van der Waals surface area contributed by atoms with E-state index in [1.165, 1.54) is 50.7 Å². The molecule has 0 radical (unpaired) electrons. The van der Waals surface area contributed by atoms with E-state index in [4.69, 9.17) is 9.47 Å². The molecule has 2 fully saturated rings. The molecular weight excluding hydrogens is 309 g/mol. The van der Waals surface area contributed by atoms with Crippen molar-refractivity contribution in [3.63, 3.8) is 0 Å². The number of ether oxygens (including phenoxy) is 2. The maximum Gasteiger partial charge on any atom is 0.134 e. The molecule has 0 unspecified atom stereocenters. The van der Waals surface area contributed by atoms with E-state index >= 15 is 0 Å². The minimum atomic E-state index is -1.06. The lowest BCUT2D eigenvalue weighted by molar-refractivity contribution is -0.0675. The van der Waals surface area contributed by atoms with Gasteiger partial charge < -0.3 is 14.6 Å². The molecule has 1 saturated heterocycles. The molecule has 1 N–H and O–H groups in total. The van der Waals surface area contributed by atoms with Crippen LogP contribution in [0, 0.1) is 5.82 Å². The Morgan fingerprint density at radius 2 is 2.04 bits per heavy atom. The van der Waals surface area contributed by atoms with Crippen molar-refractivity contribution in [2.75, 3.05) is 32.9 Å². The minimum absolute atomic E-state index is 0.111. The number of nitrogens with zero attached hydrogens (tertiary/aromatic N) is 1. The average molecular weight is 337 g/mol. The largest absolute Gasteiger partial charge is 0.490 e. The van der Waals surface area contributed by atoms with Gasteiger partial charge in [0.1, 0.15) is 23.8 Å². The van der Waals surface area contributed by atoms with E-state index in [0.717, 1.165) is 6.54 Å². The quantitative estimate of drug-likeness (QED) is 0.858. The van der Waals surface area contributed by atoms with E-state index in [9.17, 15) is 9.50 Å². The molecule has 0 amide bonds. The standard InChI is InChI=1S/C19H28FNO3/c20-16-6-5-9-18(12-16)24-15-19(22)13-21(10-11-23-14-19)17-7-3-1-2-4-8-17/h5-6,9,12,17,22H,1-4,7-8,10-11,13-15H2/t19-/m1/s1. The van der Waals surface area contributed by atoms with Gasteiger partial charge in [-0.3, -0.25) is 4.90 Å². The van der Waals surface area contributed by atoms with Crippen LogP contribution in [0.25, 0.3) is 0 Å². The Morgan fingerprint density at radius 3 is 2.79 bits per heavy atom. The summed E-state index contributed by atoms with van der Waals surface area (Å²) in [6, 6.07) is 6.55. The highest BCUT2D eigenvalue weighted by Crippen LogP contribution is 2.25. The Labute approximate surface area is 143 Å². The summed E-state index contributed by atoms with van der Waals surface area (Å²) in [6.07, 6.45) is 7.55. The summed E-state index contributed by atoms with van der Waals surface area (Å²) in [7, 11) is 0. The SMILES string of the molecule is O[C@@]1(COc2cccc(F)c2)COCCN(C2CCCCCC2)C1. The topological polar surface area (TPSA) is 41.9 Å². The van der Waals surface area contributed by atoms with Crippen LogP contribution in [-0.2, 0) is 4.74 Å². The third-order valence-electron chi connectivity index (χ3n) is 5.04. The Bertz CT molecular complexity index is 519. The van der Waals surface area contributed by atoms with Gasteiger partial charge in [0, 0.05) is 25.2 Å². The van der Waals surface area contributed by atoms with E-state index in [-0.39, 0.29) is 19.0 Å². The van der Waals surface area contributed by atoms with E-state index in [2.05, 4.69) is 4.90 Å². The summed E-state index contributed by atoms with van der Waals surface area (Å²) >= 11 is 0. The fraction of sp³-hybridized carbons (Fsp3) is 0.684. The van der Waals surface area contributed by atoms with Crippen molar-refractivity contribution in [2.24, 2.45) is 0 Å². The van der Waals surface area contributed by atoms with E-state index in [0.29, 0.717) is 24.9 Å². The van der Waals surface area contributed by atoms with E-state index in [1.807, 2.05) is 0 Å². The van der Waals surface area contributed by atoms with Gasteiger partial charge in [-0.2, -0.15) is 0 Å². The van der Waals surface area contributed by atoms with Crippen molar-refractivity contribution in [3.8, 4) is 5.75 Å². The summed E-state index contributed by atoms with van der Waals surface area (Å²) in [5.74, 6) is 0.102. The predicted octanol–water partition coefficient (Wildman–Crippen LogP) is 2.99. The van der Waals surface area contributed by atoms with Gasteiger partial charge in [-0.1, -0.05) is 31.7 Å². The lowest BCUT2D eigenvalue weighted by atomic mass is 10.0. The van der Waals surface area contributed by atoms with E-state index < -0.39 is 5.60 Å². The lowest BCUT2D eigenvalue weighted by Gasteiger charge is -2.35. The number of halogens is 1. The Kier molecular flexibility index (Phi) is 6.09. The zero-order chi connectivity index (χ0) is 16.8. The highest BCUT2D eigenvalue weighted by Gasteiger charge is 2.36. The van der Waals surface area contributed by atoms with Gasteiger partial charge in [0.2, 0.25) is 0 Å². The molecule has 2 aliphatic rings. The molecule has 0 spiro atoms. The molecule has 0 aromatic heterocycles. The highest BCUT2D eigenvalue weighted by atomic mass is 19.1. The van der Waals surface area contributed by atoms with Crippen LogP contribution in [0.3, 0.4) is 0 Å². The molecule has 1 aromatic rings. The number of benzene rings is 1. The van der Waals surface area contributed by atoms with Crippen molar-refractivity contribution < 1.29 is 19.0 Å². The number of aliphatic hydroxyl groups is 1. The summed E-state index contributed by atoms with van der Waals surface area (Å²) in [5, 5.41) is 11.0. The summed E-state index contributed by atoms with van der Waals surface area (Å²) in [5.41, 5.74) is -1.06. The molecule has 0 bridgehead atoms. The van der Waals surface area contributed by atoms with Crippen molar-refractivity contribution in [1.82, 2.24) is 4.90 Å². The van der Waals surface area contributed by atoms with Gasteiger partial charge in [-0.05, 0) is 25.0 Å². The van der Waals surface area contributed by atoms with Crippen LogP contribution in [0.15, 0.2) is 24.3 Å². The first kappa shape index (κ1) is 17.6. The smallest absolute Gasteiger partial charge is 0.134 e. The molecule has 1 aromatic carbocycles. The third-order valence-corrected chi connectivity index (χ3v) is 5.04. The van der Waals surface area contributed by atoms with Crippen LogP contribution >= 0.6 is 0 Å². The maximum absolute atomic E-state index is 13.3. The zero-order valence-corrected chi connectivity index (χ0v) is 14.3. The third kappa shape index (κ3) is 4.91. The lowest BCUT2D eigenvalue weighted by Crippen LogP contribution is -2.51. The van der Waals surface area contributed by atoms with Crippen molar-refractivity contribution in [3.05, 3.63) is 30.1 Å². The van der Waals surface area contributed by atoms with E-state index in [1.54, 1.807) is 12.1 Å². The molecule has 1 saturated carbocycles. The second kappa shape index (κ2) is 8.28. The fourth-order valence-electron chi connectivity index (χ4n) is 3.74. The first-order valence-electron chi connectivity index (χ1n) is 9.07. The molecule has 134 valence electrons. The second-order valence-corrected chi connectivity index (χ2v) is 7.14. The molecule has 1 aliphatic heterocycles. The van der Waals surface area contributed by atoms with Crippen LogP contribution in [0.2, 0.25) is 0 Å². The van der Waals surface area contributed by atoms with Crippen LogP contribution in [-0.4, -0.2) is 54.6 Å². The first-order valence-corrected chi connectivity index (χ1v) is 9.07.